The topological polar surface area (TPSA) is 73.9 Å². The number of amides is 2. The van der Waals surface area contributed by atoms with Crippen LogP contribution in [-0.4, -0.2) is 40.9 Å². The van der Waals surface area contributed by atoms with Gasteiger partial charge < -0.3 is 20.0 Å². The van der Waals surface area contributed by atoms with Gasteiger partial charge in [-0.2, -0.15) is 0 Å². The lowest BCUT2D eigenvalue weighted by atomic mass is 10.0. The zero-order valence-electron chi connectivity index (χ0n) is 16.5. The van der Waals surface area contributed by atoms with Crippen LogP contribution >= 0.6 is 15.9 Å². The summed E-state index contributed by atoms with van der Waals surface area (Å²) in [5.41, 5.74) is 5.15. The molecule has 2 amide bonds. The molecule has 2 heterocycles. The predicted octanol–water partition coefficient (Wildman–Crippen LogP) is 3.42. The third kappa shape index (κ3) is 4.49. The Labute approximate surface area is 183 Å². The van der Waals surface area contributed by atoms with E-state index >= 15 is 0 Å². The van der Waals surface area contributed by atoms with Crippen LogP contribution in [0.2, 0.25) is 0 Å². The van der Waals surface area contributed by atoms with E-state index in [-0.39, 0.29) is 30.4 Å². The van der Waals surface area contributed by atoms with Crippen LogP contribution in [0.3, 0.4) is 0 Å². The quantitative estimate of drug-likeness (QED) is 0.676. The van der Waals surface area contributed by atoms with E-state index in [4.69, 9.17) is 4.74 Å². The summed E-state index contributed by atoms with van der Waals surface area (Å²) in [5.74, 6) is 0.498. The Morgan fingerprint density at radius 3 is 2.60 bits per heavy atom. The molecule has 2 unspecified atom stereocenters. The van der Waals surface area contributed by atoms with Crippen molar-refractivity contribution >= 4 is 33.4 Å². The highest BCUT2D eigenvalue weighted by Crippen LogP contribution is 2.31. The van der Waals surface area contributed by atoms with Gasteiger partial charge in [-0.3, -0.25) is 9.59 Å². The van der Waals surface area contributed by atoms with Gasteiger partial charge >= 0.3 is 0 Å². The Kier molecular flexibility index (Phi) is 6.06. The van der Waals surface area contributed by atoms with E-state index in [1.54, 1.807) is 18.3 Å². The molecule has 30 heavy (non-hydrogen) atoms. The van der Waals surface area contributed by atoms with Crippen molar-refractivity contribution in [3.8, 4) is 5.75 Å². The summed E-state index contributed by atoms with van der Waals surface area (Å²) in [7, 11) is 0. The average molecular weight is 471 g/mol. The van der Waals surface area contributed by atoms with Crippen LogP contribution < -0.4 is 15.5 Å². The van der Waals surface area contributed by atoms with E-state index in [1.807, 2.05) is 54.5 Å². The number of hydrogen-bond acceptors (Lipinski definition) is 5. The van der Waals surface area contributed by atoms with E-state index < -0.39 is 0 Å². The van der Waals surface area contributed by atoms with Gasteiger partial charge in [0.15, 0.2) is 0 Å². The zero-order chi connectivity index (χ0) is 21.1. The fourth-order valence-corrected chi connectivity index (χ4v) is 3.90. The Hall–Kier alpha value is -2.84. The van der Waals surface area contributed by atoms with Gasteiger partial charge in [-0.15, -0.1) is 0 Å². The summed E-state index contributed by atoms with van der Waals surface area (Å²) in [5, 5.41) is 4.64. The van der Waals surface area contributed by atoms with Gasteiger partial charge in [0, 0.05) is 22.6 Å². The number of nitrogens with zero attached hydrogens (tertiary/aromatic N) is 2. The Balaban J connectivity index is 1.36. The van der Waals surface area contributed by atoms with E-state index in [0.717, 1.165) is 15.8 Å². The highest BCUT2D eigenvalue weighted by molar-refractivity contribution is 9.10. The number of hydrogen-bond donors (Lipinski definition) is 2. The van der Waals surface area contributed by atoms with Gasteiger partial charge in [-0.05, 0) is 55.3 Å². The molecule has 0 aromatic heterocycles. The van der Waals surface area contributed by atoms with Gasteiger partial charge in [0.2, 0.25) is 5.91 Å². The predicted molar refractivity (Wildman–Crippen MR) is 117 cm³/mol. The van der Waals surface area contributed by atoms with E-state index in [1.165, 1.54) is 4.90 Å². The van der Waals surface area contributed by atoms with Crippen molar-refractivity contribution in [3.05, 3.63) is 71.0 Å². The highest BCUT2D eigenvalue weighted by Gasteiger charge is 2.40. The number of ether oxygens (including phenoxy) is 1. The van der Waals surface area contributed by atoms with Crippen LogP contribution in [-0.2, 0) is 9.59 Å². The van der Waals surface area contributed by atoms with Gasteiger partial charge in [0.25, 0.3) is 5.91 Å². The molecule has 156 valence electrons. The first-order valence-electron chi connectivity index (χ1n) is 9.85. The van der Waals surface area contributed by atoms with Crippen molar-refractivity contribution in [2.75, 3.05) is 18.5 Å². The van der Waals surface area contributed by atoms with Crippen molar-refractivity contribution in [2.24, 2.45) is 0 Å². The van der Waals surface area contributed by atoms with Crippen LogP contribution in [0, 0.1) is 0 Å². The fraction of sp³-hybridized carbons (Fsp3) is 0.273. The Bertz CT molecular complexity index is 946. The monoisotopic (exact) mass is 470 g/mol. The first kappa shape index (κ1) is 20.4. The molecule has 2 aliphatic heterocycles. The molecule has 0 radical (unpaired) electrons. The number of benzene rings is 2. The van der Waals surface area contributed by atoms with Crippen LogP contribution in [0.15, 0.2) is 65.4 Å². The fourth-order valence-electron chi connectivity index (χ4n) is 3.64. The number of anilines is 1. The third-order valence-corrected chi connectivity index (χ3v) is 5.64. The molecule has 1 saturated heterocycles. The molecule has 8 heteroatoms. The van der Waals surface area contributed by atoms with Gasteiger partial charge in [0.1, 0.15) is 18.3 Å². The molecule has 1 fully saturated rings. The molecule has 2 atom stereocenters. The molecule has 7 nitrogen and oxygen atoms in total. The summed E-state index contributed by atoms with van der Waals surface area (Å²) in [4.78, 5) is 26.8. The van der Waals surface area contributed by atoms with Crippen LogP contribution in [0.5, 0.6) is 5.75 Å². The second kappa shape index (κ2) is 8.89. The summed E-state index contributed by atoms with van der Waals surface area (Å²) < 4.78 is 6.43. The van der Waals surface area contributed by atoms with E-state index in [2.05, 4.69) is 26.7 Å². The Morgan fingerprint density at radius 1 is 1.17 bits per heavy atom. The minimum atomic E-state index is -0.341. The average Bonchev–Trinajstić information content (AvgIpc) is 3.18. The van der Waals surface area contributed by atoms with E-state index in [9.17, 15) is 9.59 Å². The minimum absolute atomic E-state index is 0.0239. The molecule has 0 aliphatic carbocycles. The van der Waals surface area contributed by atoms with E-state index in [0.29, 0.717) is 18.7 Å². The van der Waals surface area contributed by atoms with Gasteiger partial charge in [0.05, 0.1) is 12.6 Å². The third-order valence-electron chi connectivity index (χ3n) is 5.11. The summed E-state index contributed by atoms with van der Waals surface area (Å²) in [6.07, 6.45) is 4.09. The summed E-state index contributed by atoms with van der Waals surface area (Å²) in [6, 6.07) is 14.9. The number of halogens is 1. The lowest BCUT2D eigenvalue weighted by molar-refractivity contribution is -0.137. The molecular formula is C22H23BrN4O3. The van der Waals surface area contributed by atoms with Crippen molar-refractivity contribution in [1.29, 1.82) is 0 Å². The zero-order valence-corrected chi connectivity index (χ0v) is 18.1. The molecule has 4 rings (SSSR count). The lowest BCUT2D eigenvalue weighted by Gasteiger charge is -2.31. The molecule has 2 N–H and O–H groups in total. The standard InChI is InChI=1S/C22H23BrN4O3/c1-2-30-18-9-3-15(4-10-18)19-13-20-22(29)26(11-12-27(20)25-19)14-21(28)24-17-7-5-16(23)6-8-17/h3-12,19-20,25H,2,13-14H2,1H3,(H,24,28). The number of fused-ring (bicyclic) bond motifs is 1. The van der Waals surface area contributed by atoms with Crippen molar-refractivity contribution in [2.45, 2.75) is 25.4 Å². The van der Waals surface area contributed by atoms with Crippen LogP contribution in [0.1, 0.15) is 24.9 Å². The molecular weight excluding hydrogens is 448 g/mol. The van der Waals surface area contributed by atoms with Crippen LogP contribution in [0.4, 0.5) is 5.69 Å². The number of carbonyl (C=O) groups is 2. The molecule has 0 bridgehead atoms. The van der Waals surface area contributed by atoms with Gasteiger partial charge in [-0.25, -0.2) is 5.43 Å². The molecule has 0 spiro atoms. The highest BCUT2D eigenvalue weighted by atomic mass is 79.9. The molecule has 0 saturated carbocycles. The van der Waals surface area contributed by atoms with Crippen molar-refractivity contribution in [3.63, 3.8) is 0 Å². The minimum Gasteiger partial charge on any atom is -0.494 e. The number of nitrogens with one attached hydrogen (secondary N) is 2. The molecule has 2 aromatic rings. The maximum absolute atomic E-state index is 12.9. The first-order chi connectivity index (χ1) is 14.5. The smallest absolute Gasteiger partial charge is 0.251 e. The normalized spacial score (nSPS) is 20.3. The van der Waals surface area contributed by atoms with Crippen molar-refractivity contribution < 1.29 is 14.3 Å². The Morgan fingerprint density at radius 2 is 1.90 bits per heavy atom. The lowest BCUT2D eigenvalue weighted by Crippen LogP contribution is -2.49. The van der Waals surface area contributed by atoms with Crippen molar-refractivity contribution in [1.82, 2.24) is 15.3 Å². The maximum Gasteiger partial charge on any atom is 0.251 e. The number of rotatable bonds is 6. The SMILES string of the molecule is CCOc1ccc(C2CC3C(=O)N(CC(=O)Nc4ccc(Br)cc4)C=CN3N2)cc1. The summed E-state index contributed by atoms with van der Waals surface area (Å²) >= 11 is 3.37. The van der Waals surface area contributed by atoms with Crippen LogP contribution in [0.25, 0.3) is 0 Å². The number of carbonyl (C=O) groups excluding carboxylic acids is 2. The molecule has 2 aliphatic rings. The second-order valence-corrected chi connectivity index (χ2v) is 8.08. The first-order valence-corrected chi connectivity index (χ1v) is 10.6. The van der Waals surface area contributed by atoms with Gasteiger partial charge in [-0.1, -0.05) is 28.1 Å². The molecule has 2 aromatic carbocycles. The maximum atomic E-state index is 12.9. The second-order valence-electron chi connectivity index (χ2n) is 7.16. The number of hydrazine groups is 1. The largest absolute Gasteiger partial charge is 0.494 e. The summed E-state index contributed by atoms with van der Waals surface area (Å²) in [6.45, 7) is 2.55.